The van der Waals surface area contributed by atoms with Crippen molar-refractivity contribution in [3.8, 4) is 0 Å². The molecule has 3 aliphatic rings. The molecule has 0 amide bonds. The van der Waals surface area contributed by atoms with Gasteiger partial charge in [-0.1, -0.05) is 12.8 Å². The Hall–Kier alpha value is -1.51. The standard InChI is InChI=1S/C11H16N4O3.C6H13N/c1-13-10(9(6-12-13)15(16)17)11-3-4-14(11)7-8(5-11)18-2;1-2-4-6-7-5-3-1/h6,8H,3-5,7H2,1-2H3;7H,1-6H2. The second-order valence-corrected chi connectivity index (χ2v) is 7.21. The van der Waals surface area contributed by atoms with Gasteiger partial charge in [0.25, 0.3) is 0 Å². The highest BCUT2D eigenvalue weighted by atomic mass is 16.6. The van der Waals surface area contributed by atoms with Crippen LogP contribution in [0.15, 0.2) is 6.20 Å². The number of aromatic nitrogens is 2. The zero-order valence-electron chi connectivity index (χ0n) is 15.2. The van der Waals surface area contributed by atoms with Gasteiger partial charge in [0.2, 0.25) is 0 Å². The molecule has 2 unspecified atom stereocenters. The lowest BCUT2D eigenvalue weighted by molar-refractivity contribution is -0.386. The van der Waals surface area contributed by atoms with Gasteiger partial charge < -0.3 is 10.1 Å². The van der Waals surface area contributed by atoms with Crippen LogP contribution < -0.4 is 5.32 Å². The molecule has 25 heavy (non-hydrogen) atoms. The van der Waals surface area contributed by atoms with E-state index in [1.54, 1.807) is 18.8 Å². The van der Waals surface area contributed by atoms with Crippen LogP contribution in [-0.4, -0.2) is 59.0 Å². The first-order valence-corrected chi connectivity index (χ1v) is 9.24. The maximum atomic E-state index is 11.1. The third kappa shape index (κ3) is 3.56. The lowest BCUT2D eigenvalue weighted by atomic mass is 9.81. The van der Waals surface area contributed by atoms with Crippen LogP contribution in [0.2, 0.25) is 0 Å². The number of fused-ring (bicyclic) bond motifs is 1. The van der Waals surface area contributed by atoms with Crippen molar-refractivity contribution < 1.29 is 9.66 Å². The minimum atomic E-state index is -0.340. The summed E-state index contributed by atoms with van der Waals surface area (Å²) in [6, 6.07) is 0. The van der Waals surface area contributed by atoms with Gasteiger partial charge in [0.05, 0.1) is 16.6 Å². The molecule has 0 radical (unpaired) electrons. The number of methoxy groups -OCH3 is 1. The van der Waals surface area contributed by atoms with Crippen LogP contribution in [0.5, 0.6) is 0 Å². The highest BCUT2D eigenvalue weighted by molar-refractivity contribution is 5.41. The molecule has 8 nitrogen and oxygen atoms in total. The van der Waals surface area contributed by atoms with E-state index in [-0.39, 0.29) is 22.3 Å². The average molecular weight is 351 g/mol. The van der Waals surface area contributed by atoms with Crippen LogP contribution in [0, 0.1) is 10.1 Å². The Labute approximate surface area is 148 Å². The second kappa shape index (κ2) is 7.80. The Morgan fingerprint density at radius 1 is 1.36 bits per heavy atom. The third-order valence-corrected chi connectivity index (χ3v) is 5.74. The van der Waals surface area contributed by atoms with Crippen LogP contribution in [0.3, 0.4) is 0 Å². The van der Waals surface area contributed by atoms with E-state index < -0.39 is 0 Å². The fraction of sp³-hybridized carbons (Fsp3) is 0.824. The predicted molar refractivity (Wildman–Crippen MR) is 94.5 cm³/mol. The Bertz CT molecular complexity index is 585. The Morgan fingerprint density at radius 2 is 2.08 bits per heavy atom. The molecule has 4 rings (SSSR count). The lowest BCUT2D eigenvalue weighted by Crippen LogP contribution is -2.54. The molecule has 3 saturated heterocycles. The van der Waals surface area contributed by atoms with E-state index in [1.165, 1.54) is 45.0 Å². The summed E-state index contributed by atoms with van der Waals surface area (Å²) in [6.07, 6.45) is 8.90. The minimum absolute atomic E-state index is 0.124. The van der Waals surface area contributed by atoms with E-state index in [9.17, 15) is 10.1 Å². The molecule has 140 valence electrons. The van der Waals surface area contributed by atoms with E-state index >= 15 is 0 Å². The molecule has 3 aliphatic heterocycles. The topological polar surface area (TPSA) is 85.5 Å². The van der Waals surface area contributed by atoms with Gasteiger partial charge in [-0.15, -0.1) is 0 Å². The maximum absolute atomic E-state index is 11.1. The van der Waals surface area contributed by atoms with Crippen molar-refractivity contribution in [2.75, 3.05) is 33.3 Å². The molecule has 1 N–H and O–H groups in total. The second-order valence-electron chi connectivity index (χ2n) is 7.21. The summed E-state index contributed by atoms with van der Waals surface area (Å²) in [5.74, 6) is 0. The van der Waals surface area contributed by atoms with Gasteiger partial charge in [-0.25, -0.2) is 0 Å². The van der Waals surface area contributed by atoms with Crippen molar-refractivity contribution in [2.24, 2.45) is 7.05 Å². The van der Waals surface area contributed by atoms with E-state index in [0.717, 1.165) is 31.6 Å². The molecule has 1 aromatic heterocycles. The Kier molecular flexibility index (Phi) is 5.71. The van der Waals surface area contributed by atoms with E-state index in [1.807, 2.05) is 0 Å². The number of hydrogen-bond acceptors (Lipinski definition) is 6. The molecule has 4 heterocycles. The SMILES string of the molecule is C1CCCNCC1.COC1CN2CCC2(c2c([N+](=O)[O-])cnn2C)C1. The number of nitrogens with zero attached hydrogens (tertiary/aromatic N) is 4. The molecule has 0 aliphatic carbocycles. The maximum Gasteiger partial charge on any atom is 0.312 e. The monoisotopic (exact) mass is 351 g/mol. The quantitative estimate of drug-likeness (QED) is 0.660. The molecule has 3 fully saturated rings. The number of rotatable bonds is 3. The first kappa shape index (κ1) is 18.3. The smallest absolute Gasteiger partial charge is 0.312 e. The van der Waals surface area contributed by atoms with Crippen molar-refractivity contribution in [3.63, 3.8) is 0 Å². The van der Waals surface area contributed by atoms with Gasteiger partial charge in [-0.3, -0.25) is 19.7 Å². The summed E-state index contributed by atoms with van der Waals surface area (Å²) in [4.78, 5) is 13.0. The van der Waals surface area contributed by atoms with Crippen molar-refractivity contribution in [1.29, 1.82) is 0 Å². The van der Waals surface area contributed by atoms with Gasteiger partial charge >= 0.3 is 5.69 Å². The summed E-state index contributed by atoms with van der Waals surface area (Å²) in [5, 5.41) is 18.5. The zero-order chi connectivity index (χ0) is 17.9. The van der Waals surface area contributed by atoms with E-state index in [4.69, 9.17) is 4.74 Å². The molecule has 2 atom stereocenters. The number of aryl methyl sites for hydroxylation is 1. The largest absolute Gasteiger partial charge is 0.380 e. The van der Waals surface area contributed by atoms with Crippen molar-refractivity contribution in [2.45, 2.75) is 50.2 Å². The number of ether oxygens (including phenoxy) is 1. The van der Waals surface area contributed by atoms with Crippen LogP contribution in [0.4, 0.5) is 5.69 Å². The van der Waals surface area contributed by atoms with Crippen molar-refractivity contribution in [1.82, 2.24) is 20.0 Å². The number of hydrogen-bond donors (Lipinski definition) is 1. The fourth-order valence-corrected chi connectivity index (χ4v) is 4.32. The highest BCUT2D eigenvalue weighted by Gasteiger charge is 2.57. The molecule has 1 aromatic rings. The molecule has 0 spiro atoms. The van der Waals surface area contributed by atoms with Crippen LogP contribution in [0.1, 0.15) is 44.2 Å². The number of nitrogens with one attached hydrogen (secondary N) is 1. The van der Waals surface area contributed by atoms with Crippen LogP contribution in [0.25, 0.3) is 0 Å². The minimum Gasteiger partial charge on any atom is -0.380 e. The molecule has 0 saturated carbocycles. The Balaban J connectivity index is 0.000000219. The zero-order valence-corrected chi connectivity index (χ0v) is 15.2. The van der Waals surface area contributed by atoms with Crippen LogP contribution in [-0.2, 0) is 17.3 Å². The molecule has 0 bridgehead atoms. The molecule has 8 heteroatoms. The van der Waals surface area contributed by atoms with E-state index in [0.29, 0.717) is 0 Å². The first-order chi connectivity index (χ1) is 12.1. The van der Waals surface area contributed by atoms with Gasteiger partial charge in [0, 0.05) is 27.2 Å². The van der Waals surface area contributed by atoms with Gasteiger partial charge in [0.15, 0.2) is 0 Å². The van der Waals surface area contributed by atoms with Crippen LogP contribution >= 0.6 is 0 Å². The highest BCUT2D eigenvalue weighted by Crippen LogP contribution is 2.51. The Morgan fingerprint density at radius 3 is 2.64 bits per heavy atom. The van der Waals surface area contributed by atoms with Gasteiger partial charge in [-0.2, -0.15) is 5.10 Å². The summed E-state index contributed by atoms with van der Waals surface area (Å²) >= 11 is 0. The molecular formula is C17H29N5O3. The summed E-state index contributed by atoms with van der Waals surface area (Å²) in [5.41, 5.74) is 0.603. The van der Waals surface area contributed by atoms with Crippen molar-refractivity contribution >= 4 is 5.69 Å². The third-order valence-electron chi connectivity index (χ3n) is 5.74. The van der Waals surface area contributed by atoms with Crippen molar-refractivity contribution in [3.05, 3.63) is 22.0 Å². The number of nitro groups is 1. The normalized spacial score (nSPS) is 29.1. The molecular weight excluding hydrogens is 322 g/mol. The van der Waals surface area contributed by atoms with E-state index in [2.05, 4.69) is 15.3 Å². The summed E-state index contributed by atoms with van der Waals surface area (Å²) < 4.78 is 7.06. The summed E-state index contributed by atoms with van der Waals surface area (Å²) in [7, 11) is 3.47. The summed E-state index contributed by atoms with van der Waals surface area (Å²) in [6.45, 7) is 4.32. The van der Waals surface area contributed by atoms with Gasteiger partial charge in [0.1, 0.15) is 11.9 Å². The lowest BCUT2D eigenvalue weighted by Gasteiger charge is -2.47. The molecule has 0 aromatic carbocycles. The van der Waals surface area contributed by atoms with Gasteiger partial charge in [-0.05, 0) is 38.8 Å². The fourth-order valence-electron chi connectivity index (χ4n) is 4.32. The first-order valence-electron chi connectivity index (χ1n) is 9.24. The predicted octanol–water partition coefficient (Wildman–Crippen LogP) is 1.80. The average Bonchev–Trinajstić information content (AvgIpc) is 2.93.